The Morgan fingerprint density at radius 2 is 1.71 bits per heavy atom. The summed E-state index contributed by atoms with van der Waals surface area (Å²) >= 11 is 0. The lowest BCUT2D eigenvalue weighted by molar-refractivity contribution is 0.573. The first-order chi connectivity index (χ1) is 10.2. The predicted molar refractivity (Wildman–Crippen MR) is 77.7 cm³/mol. The molecule has 1 N–H and O–H groups in total. The molecule has 1 aromatic heterocycles. The van der Waals surface area contributed by atoms with Gasteiger partial charge in [0.15, 0.2) is 0 Å². The molecule has 0 unspecified atom stereocenters. The minimum Gasteiger partial charge on any atom is -0.356 e. The molecule has 1 aliphatic rings. The zero-order valence-electron chi connectivity index (χ0n) is 11.5. The van der Waals surface area contributed by atoms with Gasteiger partial charge < -0.3 is 10.2 Å². The van der Waals surface area contributed by atoms with E-state index in [9.17, 15) is 8.78 Å². The van der Waals surface area contributed by atoms with Crippen LogP contribution in [-0.2, 0) is 0 Å². The number of nitrogens with one attached hydrogen (secondary N) is 1. The third-order valence-corrected chi connectivity index (χ3v) is 3.52. The molecule has 2 aromatic rings. The van der Waals surface area contributed by atoms with Crippen LogP contribution in [0.4, 0.5) is 26.2 Å². The summed E-state index contributed by atoms with van der Waals surface area (Å²) in [4.78, 5) is 10.5. The molecule has 6 heteroatoms. The van der Waals surface area contributed by atoms with Gasteiger partial charge in [0.1, 0.15) is 23.1 Å². The average molecular weight is 290 g/mol. The second-order valence-corrected chi connectivity index (χ2v) is 5.01. The van der Waals surface area contributed by atoms with Crippen LogP contribution in [0, 0.1) is 11.6 Å². The first kappa shape index (κ1) is 13.7. The van der Waals surface area contributed by atoms with Crippen molar-refractivity contribution >= 4 is 17.5 Å². The number of anilines is 3. The van der Waals surface area contributed by atoms with Crippen LogP contribution in [0.3, 0.4) is 0 Å². The fraction of sp³-hybridized carbons (Fsp3) is 0.333. The first-order valence-corrected chi connectivity index (χ1v) is 7.03. The van der Waals surface area contributed by atoms with Gasteiger partial charge in [-0.05, 0) is 37.5 Å². The molecule has 0 bridgehead atoms. The van der Waals surface area contributed by atoms with E-state index in [4.69, 9.17) is 0 Å². The van der Waals surface area contributed by atoms with E-state index in [-0.39, 0.29) is 11.6 Å². The number of para-hydroxylation sites is 1. The Morgan fingerprint density at radius 1 is 1.00 bits per heavy atom. The summed E-state index contributed by atoms with van der Waals surface area (Å²) in [6, 6.07) is 5.52. The highest BCUT2D eigenvalue weighted by Gasteiger charge is 2.14. The van der Waals surface area contributed by atoms with Gasteiger partial charge in [0, 0.05) is 19.3 Å². The van der Waals surface area contributed by atoms with Gasteiger partial charge in [-0.25, -0.2) is 13.8 Å². The summed E-state index contributed by atoms with van der Waals surface area (Å²) in [5.74, 6) is -0.352. The third-order valence-electron chi connectivity index (χ3n) is 3.52. The van der Waals surface area contributed by atoms with Gasteiger partial charge in [0.2, 0.25) is 5.95 Å². The van der Waals surface area contributed by atoms with Gasteiger partial charge in [0.25, 0.3) is 0 Å². The van der Waals surface area contributed by atoms with Gasteiger partial charge in [-0.3, -0.25) is 0 Å². The maximum Gasteiger partial charge on any atom is 0.229 e. The van der Waals surface area contributed by atoms with Gasteiger partial charge in [-0.15, -0.1) is 0 Å². The lowest BCUT2D eigenvalue weighted by Gasteiger charge is -2.27. The van der Waals surface area contributed by atoms with E-state index < -0.39 is 11.6 Å². The molecule has 0 spiro atoms. The first-order valence-electron chi connectivity index (χ1n) is 7.03. The highest BCUT2D eigenvalue weighted by molar-refractivity contribution is 5.56. The topological polar surface area (TPSA) is 41.1 Å². The number of hydrogen-bond acceptors (Lipinski definition) is 4. The van der Waals surface area contributed by atoms with Crippen LogP contribution >= 0.6 is 0 Å². The van der Waals surface area contributed by atoms with E-state index in [1.54, 1.807) is 6.20 Å². The van der Waals surface area contributed by atoms with Gasteiger partial charge in [-0.2, -0.15) is 4.98 Å². The third kappa shape index (κ3) is 3.09. The van der Waals surface area contributed by atoms with Gasteiger partial charge >= 0.3 is 0 Å². The van der Waals surface area contributed by atoms with Gasteiger partial charge in [-0.1, -0.05) is 6.07 Å². The summed E-state index contributed by atoms with van der Waals surface area (Å²) in [6.07, 6.45) is 5.09. The van der Waals surface area contributed by atoms with Crippen molar-refractivity contribution in [3.05, 3.63) is 42.1 Å². The smallest absolute Gasteiger partial charge is 0.229 e. The maximum absolute atomic E-state index is 13.6. The van der Waals surface area contributed by atoms with Crippen LogP contribution < -0.4 is 10.2 Å². The van der Waals surface area contributed by atoms with Crippen molar-refractivity contribution in [1.82, 2.24) is 9.97 Å². The van der Waals surface area contributed by atoms with Crippen LogP contribution in [0.5, 0.6) is 0 Å². The maximum atomic E-state index is 13.6. The molecule has 1 aromatic carbocycles. The van der Waals surface area contributed by atoms with E-state index >= 15 is 0 Å². The number of benzene rings is 1. The van der Waals surface area contributed by atoms with E-state index in [2.05, 4.69) is 20.2 Å². The molecule has 0 atom stereocenters. The number of aromatic nitrogens is 2. The molecule has 0 radical (unpaired) electrons. The molecule has 2 heterocycles. The molecule has 0 saturated carbocycles. The zero-order chi connectivity index (χ0) is 14.7. The average Bonchev–Trinajstić information content (AvgIpc) is 2.52. The summed E-state index contributed by atoms with van der Waals surface area (Å²) in [5.41, 5.74) is -0.228. The van der Waals surface area contributed by atoms with Crippen molar-refractivity contribution < 1.29 is 8.78 Å². The number of rotatable bonds is 3. The Bertz CT molecular complexity index is 607. The summed E-state index contributed by atoms with van der Waals surface area (Å²) in [6.45, 7) is 1.90. The SMILES string of the molecule is Fc1cccc(F)c1Nc1nccc(N2CCCCC2)n1. The standard InChI is InChI=1S/C15H16F2N4/c16-11-5-4-6-12(17)14(11)20-15-18-8-7-13(19-15)21-9-2-1-3-10-21/h4-8H,1-3,9-10H2,(H,18,19,20). The second kappa shape index (κ2) is 6.03. The molecule has 0 amide bonds. The zero-order valence-corrected chi connectivity index (χ0v) is 11.5. The minimum atomic E-state index is -0.665. The normalized spacial score (nSPS) is 15.0. The molecule has 21 heavy (non-hydrogen) atoms. The second-order valence-electron chi connectivity index (χ2n) is 5.01. The monoisotopic (exact) mass is 290 g/mol. The molecule has 1 fully saturated rings. The van der Waals surface area contributed by atoms with Crippen LogP contribution in [-0.4, -0.2) is 23.1 Å². The van der Waals surface area contributed by atoms with Crippen LogP contribution in [0.1, 0.15) is 19.3 Å². The van der Waals surface area contributed by atoms with Crippen LogP contribution in [0.2, 0.25) is 0 Å². The summed E-state index contributed by atoms with van der Waals surface area (Å²) in [7, 11) is 0. The number of halogens is 2. The van der Waals surface area contributed by atoms with E-state index in [1.807, 2.05) is 6.07 Å². The molecule has 1 saturated heterocycles. The van der Waals surface area contributed by atoms with Crippen molar-refractivity contribution in [2.45, 2.75) is 19.3 Å². The molecular formula is C15H16F2N4. The molecule has 1 aliphatic heterocycles. The lowest BCUT2D eigenvalue weighted by atomic mass is 10.1. The van der Waals surface area contributed by atoms with E-state index in [1.165, 1.54) is 24.6 Å². The van der Waals surface area contributed by atoms with Crippen molar-refractivity contribution in [1.29, 1.82) is 0 Å². The Morgan fingerprint density at radius 3 is 2.43 bits per heavy atom. The molecule has 0 aliphatic carbocycles. The highest BCUT2D eigenvalue weighted by atomic mass is 19.1. The van der Waals surface area contributed by atoms with Crippen molar-refractivity contribution in [3.8, 4) is 0 Å². The van der Waals surface area contributed by atoms with Crippen molar-refractivity contribution in [2.75, 3.05) is 23.3 Å². The largest absolute Gasteiger partial charge is 0.356 e. The Kier molecular flexibility index (Phi) is 3.94. The van der Waals surface area contributed by atoms with Crippen molar-refractivity contribution in [3.63, 3.8) is 0 Å². The molecule has 3 rings (SSSR count). The Balaban J connectivity index is 1.83. The number of piperidine rings is 1. The van der Waals surface area contributed by atoms with Gasteiger partial charge in [0.05, 0.1) is 0 Å². The highest BCUT2D eigenvalue weighted by Crippen LogP contribution is 2.23. The fourth-order valence-corrected chi connectivity index (χ4v) is 2.44. The minimum absolute atomic E-state index is 0.196. The quantitative estimate of drug-likeness (QED) is 0.939. The Hall–Kier alpha value is -2.24. The number of nitrogens with zero attached hydrogens (tertiary/aromatic N) is 3. The fourth-order valence-electron chi connectivity index (χ4n) is 2.44. The van der Waals surface area contributed by atoms with E-state index in [0.717, 1.165) is 31.7 Å². The van der Waals surface area contributed by atoms with Crippen LogP contribution in [0.25, 0.3) is 0 Å². The number of hydrogen-bond donors (Lipinski definition) is 1. The van der Waals surface area contributed by atoms with Crippen molar-refractivity contribution in [2.24, 2.45) is 0 Å². The van der Waals surface area contributed by atoms with Crippen LogP contribution in [0.15, 0.2) is 30.5 Å². The predicted octanol–water partition coefficient (Wildman–Crippen LogP) is 3.49. The summed E-state index contributed by atoms with van der Waals surface area (Å²) < 4.78 is 27.2. The van der Waals surface area contributed by atoms with E-state index in [0.29, 0.717) is 0 Å². The molecule has 4 nitrogen and oxygen atoms in total. The summed E-state index contributed by atoms with van der Waals surface area (Å²) in [5, 5.41) is 2.62. The lowest BCUT2D eigenvalue weighted by Crippen LogP contribution is -2.30. The molecule has 110 valence electrons. The molecular weight excluding hydrogens is 274 g/mol. The Labute approximate surface area is 121 Å².